The van der Waals surface area contributed by atoms with Crippen molar-refractivity contribution in [3.8, 4) is 11.3 Å². The van der Waals surface area contributed by atoms with Crippen LogP contribution in [0.4, 0.5) is 19.0 Å². The minimum absolute atomic E-state index is 0.0964. The van der Waals surface area contributed by atoms with Crippen LogP contribution in [0.5, 0.6) is 0 Å². The first-order valence-electron chi connectivity index (χ1n) is 10.4. The predicted molar refractivity (Wildman–Crippen MR) is 118 cm³/mol. The smallest absolute Gasteiger partial charge is 0.390 e. The molecular weight excluding hydrogens is 469 g/mol. The lowest BCUT2D eigenvalue weighted by Gasteiger charge is -2.31. The summed E-state index contributed by atoms with van der Waals surface area (Å²) in [5.74, 6) is -0.641. The largest absolute Gasteiger partial charge is 0.434 e. The Kier molecular flexibility index (Phi) is 8.63. The van der Waals surface area contributed by atoms with Crippen LogP contribution in [0.2, 0.25) is 0 Å². The van der Waals surface area contributed by atoms with E-state index in [1.807, 2.05) is 30.3 Å². The Balaban J connectivity index is 0.000000261. The molecule has 3 unspecified atom stereocenters. The van der Waals surface area contributed by atoms with Gasteiger partial charge in [0.15, 0.2) is 5.69 Å². The molecule has 0 radical (unpaired) electrons. The van der Waals surface area contributed by atoms with Gasteiger partial charge in [0.05, 0.1) is 36.6 Å². The molecule has 13 heteroatoms. The normalized spacial score (nSPS) is 19.9. The molecule has 0 spiro atoms. The van der Waals surface area contributed by atoms with Gasteiger partial charge in [-0.25, -0.2) is 9.97 Å². The highest BCUT2D eigenvalue weighted by Gasteiger charge is 2.33. The minimum Gasteiger partial charge on any atom is -0.390 e. The maximum absolute atomic E-state index is 12.1. The summed E-state index contributed by atoms with van der Waals surface area (Å²) in [5, 5.41) is 22.1. The Morgan fingerprint density at radius 3 is 2.46 bits per heavy atom. The van der Waals surface area contributed by atoms with E-state index in [9.17, 15) is 28.2 Å². The lowest BCUT2D eigenvalue weighted by atomic mass is 10.0. The van der Waals surface area contributed by atoms with E-state index in [2.05, 4.69) is 25.3 Å². The summed E-state index contributed by atoms with van der Waals surface area (Å²) in [4.78, 5) is 26.8. The topological polar surface area (TPSA) is 156 Å². The van der Waals surface area contributed by atoms with Gasteiger partial charge in [0.2, 0.25) is 0 Å². The molecule has 186 valence electrons. The summed E-state index contributed by atoms with van der Waals surface area (Å²) in [6.07, 6.45) is -1.93. The van der Waals surface area contributed by atoms with E-state index in [0.29, 0.717) is 24.9 Å². The fourth-order valence-corrected chi connectivity index (χ4v) is 3.04. The number of amides is 1. The number of carbonyl (C=O) groups excluding carboxylic acids is 1. The molecule has 0 bridgehead atoms. The molecule has 1 saturated heterocycles. The number of benzene rings is 1. The van der Waals surface area contributed by atoms with Gasteiger partial charge >= 0.3 is 6.18 Å². The van der Waals surface area contributed by atoms with Crippen LogP contribution in [-0.2, 0) is 10.9 Å². The number of nitrogens with zero attached hydrogens (tertiary/aromatic N) is 4. The third-order valence-electron chi connectivity index (χ3n) is 4.88. The monoisotopic (exact) mass is 492 g/mol. The number of nitrogen functional groups attached to an aromatic ring is 1. The highest BCUT2D eigenvalue weighted by atomic mass is 19.4. The molecule has 3 heterocycles. The van der Waals surface area contributed by atoms with Crippen LogP contribution in [0.3, 0.4) is 0 Å². The molecule has 1 aliphatic heterocycles. The van der Waals surface area contributed by atoms with Gasteiger partial charge in [0, 0.05) is 18.7 Å². The number of rotatable bonds is 4. The van der Waals surface area contributed by atoms with Crippen molar-refractivity contribution in [2.45, 2.75) is 30.9 Å². The second-order valence-electron chi connectivity index (χ2n) is 7.45. The Bertz CT molecular complexity index is 1100. The van der Waals surface area contributed by atoms with Gasteiger partial charge in [-0.3, -0.25) is 14.8 Å². The summed E-state index contributed by atoms with van der Waals surface area (Å²) < 4.78 is 40.8. The SMILES string of the molecule is Nc1cncc(C(F)(F)F)n1.O=C(NCC1OCCC(O)C1O)c1cnc(-c2ccccc2)cn1. The van der Waals surface area contributed by atoms with E-state index in [-0.39, 0.29) is 18.1 Å². The molecule has 0 aliphatic carbocycles. The van der Waals surface area contributed by atoms with E-state index < -0.39 is 36.1 Å². The summed E-state index contributed by atoms with van der Waals surface area (Å²) in [5.41, 5.74) is 5.69. The molecule has 35 heavy (non-hydrogen) atoms. The first-order valence-corrected chi connectivity index (χ1v) is 10.4. The summed E-state index contributed by atoms with van der Waals surface area (Å²) in [6.45, 7) is 0.448. The Hall–Kier alpha value is -3.68. The van der Waals surface area contributed by atoms with E-state index in [1.54, 1.807) is 6.20 Å². The minimum atomic E-state index is -4.47. The number of nitrogens with one attached hydrogen (secondary N) is 1. The highest BCUT2D eigenvalue weighted by Crippen LogP contribution is 2.26. The Morgan fingerprint density at radius 2 is 1.86 bits per heavy atom. The number of alkyl halides is 3. The van der Waals surface area contributed by atoms with Crippen molar-refractivity contribution < 1.29 is 32.9 Å². The number of aromatic nitrogens is 4. The fourth-order valence-electron chi connectivity index (χ4n) is 3.04. The average Bonchev–Trinajstić information content (AvgIpc) is 2.85. The lowest BCUT2D eigenvalue weighted by molar-refractivity contribution is -0.141. The highest BCUT2D eigenvalue weighted by molar-refractivity contribution is 5.92. The van der Waals surface area contributed by atoms with Crippen molar-refractivity contribution in [1.82, 2.24) is 25.3 Å². The molecule has 1 aromatic carbocycles. The lowest BCUT2D eigenvalue weighted by Crippen LogP contribution is -2.50. The van der Waals surface area contributed by atoms with Gasteiger partial charge in [-0.05, 0) is 6.42 Å². The molecule has 1 aliphatic rings. The molecule has 4 rings (SSSR count). The Morgan fingerprint density at radius 1 is 1.11 bits per heavy atom. The van der Waals surface area contributed by atoms with Crippen molar-refractivity contribution >= 4 is 11.7 Å². The van der Waals surface area contributed by atoms with Crippen LogP contribution in [0.1, 0.15) is 22.6 Å². The standard InChI is InChI=1S/C17H19N3O4.C5H4F3N3/c21-14-6-7-24-15(16(14)22)10-20-17(23)13-9-18-12(8-19-13)11-4-2-1-3-5-11;6-5(7,8)3-1-10-2-4(9)11-3/h1-5,8-9,14-16,21-22H,6-7,10H2,(H,20,23);1-2H,(H2,9,11). The van der Waals surface area contributed by atoms with Gasteiger partial charge in [0.25, 0.3) is 5.91 Å². The summed E-state index contributed by atoms with van der Waals surface area (Å²) in [6, 6.07) is 9.55. The number of hydrogen-bond donors (Lipinski definition) is 4. The van der Waals surface area contributed by atoms with Crippen molar-refractivity contribution in [2.24, 2.45) is 0 Å². The predicted octanol–water partition coefficient (Wildman–Crippen LogP) is 1.46. The first-order chi connectivity index (χ1) is 16.6. The second-order valence-corrected chi connectivity index (χ2v) is 7.45. The molecule has 1 amide bonds. The van der Waals surface area contributed by atoms with Gasteiger partial charge in [0.1, 0.15) is 23.7 Å². The second kappa shape index (κ2) is 11.6. The number of halogens is 3. The number of ether oxygens (including phenoxy) is 1. The number of anilines is 1. The summed E-state index contributed by atoms with van der Waals surface area (Å²) >= 11 is 0. The molecular formula is C22H23F3N6O4. The van der Waals surface area contributed by atoms with Gasteiger partial charge in [-0.1, -0.05) is 30.3 Å². The van der Waals surface area contributed by atoms with Crippen molar-refractivity contribution in [1.29, 1.82) is 0 Å². The molecule has 2 aromatic heterocycles. The zero-order valence-electron chi connectivity index (χ0n) is 18.3. The van der Waals surface area contributed by atoms with E-state index >= 15 is 0 Å². The molecule has 1 fully saturated rings. The number of aliphatic hydroxyl groups excluding tert-OH is 2. The molecule has 5 N–H and O–H groups in total. The van der Waals surface area contributed by atoms with E-state index in [0.717, 1.165) is 11.8 Å². The fraction of sp³-hybridized carbons (Fsp3) is 0.318. The third kappa shape index (κ3) is 7.40. The van der Waals surface area contributed by atoms with Crippen molar-refractivity contribution in [3.05, 3.63) is 66.5 Å². The zero-order chi connectivity index (χ0) is 25.4. The van der Waals surface area contributed by atoms with Crippen molar-refractivity contribution in [3.63, 3.8) is 0 Å². The van der Waals surface area contributed by atoms with Gasteiger partial charge < -0.3 is 26.0 Å². The van der Waals surface area contributed by atoms with Crippen LogP contribution in [0.25, 0.3) is 11.3 Å². The molecule has 3 atom stereocenters. The van der Waals surface area contributed by atoms with Crippen LogP contribution in [0.15, 0.2) is 55.1 Å². The summed E-state index contributed by atoms with van der Waals surface area (Å²) in [7, 11) is 0. The van der Waals surface area contributed by atoms with Crippen LogP contribution >= 0.6 is 0 Å². The first kappa shape index (κ1) is 25.9. The third-order valence-corrected chi connectivity index (χ3v) is 4.88. The van der Waals surface area contributed by atoms with E-state index in [1.165, 1.54) is 6.20 Å². The van der Waals surface area contributed by atoms with Gasteiger partial charge in [-0.15, -0.1) is 0 Å². The number of aliphatic hydroxyl groups is 2. The number of hydrogen-bond acceptors (Lipinski definition) is 9. The maximum atomic E-state index is 12.1. The maximum Gasteiger partial charge on any atom is 0.434 e. The van der Waals surface area contributed by atoms with E-state index in [4.69, 9.17) is 10.5 Å². The Labute approximate surface area is 198 Å². The molecule has 3 aromatic rings. The van der Waals surface area contributed by atoms with Crippen molar-refractivity contribution in [2.75, 3.05) is 18.9 Å². The number of carbonyl (C=O) groups is 1. The number of nitrogens with two attached hydrogens (primary N) is 1. The zero-order valence-corrected chi connectivity index (χ0v) is 18.3. The van der Waals surface area contributed by atoms with Crippen LogP contribution < -0.4 is 11.1 Å². The van der Waals surface area contributed by atoms with Crippen LogP contribution in [-0.4, -0.2) is 67.5 Å². The van der Waals surface area contributed by atoms with Gasteiger partial charge in [-0.2, -0.15) is 13.2 Å². The molecule has 10 nitrogen and oxygen atoms in total. The van der Waals surface area contributed by atoms with Crippen LogP contribution in [0, 0.1) is 0 Å². The molecule has 0 saturated carbocycles. The average molecular weight is 492 g/mol. The quantitative estimate of drug-likeness (QED) is 0.423.